The second kappa shape index (κ2) is 12.0. The summed E-state index contributed by atoms with van der Waals surface area (Å²) in [6.07, 6.45) is 0. The molecule has 1 unspecified atom stereocenters. The predicted molar refractivity (Wildman–Crippen MR) is 110 cm³/mol. The Morgan fingerprint density at radius 2 is 1.65 bits per heavy atom. The van der Waals surface area contributed by atoms with Crippen LogP contribution >= 0.6 is 36.2 Å². The largest absolute Gasteiger partial charge is 0.397 e. The van der Waals surface area contributed by atoms with E-state index in [9.17, 15) is 4.79 Å². The van der Waals surface area contributed by atoms with E-state index >= 15 is 0 Å². The Labute approximate surface area is 157 Å². The average Bonchev–Trinajstić information content (AvgIpc) is 2.84. The minimum atomic E-state index is -0.229. The summed E-state index contributed by atoms with van der Waals surface area (Å²) >= 11 is 11.5. The molecule has 0 bridgehead atoms. The standard InChI is InChI=1S/C7H11NO2S.C4H7NS2.C4H10.CH4/c1-4(2)5-6(9)10-7(11)8(5)3;1-5-2-3-7-4(5)6;1-4(2)3;/h4-5H,1-3H3;2-3H2,1H3;4H,1-3H3;1H4. The minimum Gasteiger partial charge on any atom is -0.397 e. The number of cyclic esters (lactones) is 1. The van der Waals surface area contributed by atoms with Gasteiger partial charge in [-0.15, -0.1) is 0 Å². The van der Waals surface area contributed by atoms with Crippen LogP contribution in [0.3, 0.4) is 0 Å². The van der Waals surface area contributed by atoms with Crippen molar-refractivity contribution in [3.05, 3.63) is 0 Å². The number of rotatable bonds is 1. The van der Waals surface area contributed by atoms with E-state index in [-0.39, 0.29) is 30.5 Å². The molecule has 2 aliphatic heterocycles. The summed E-state index contributed by atoms with van der Waals surface area (Å²) in [4.78, 5) is 14.9. The maximum atomic E-state index is 11.1. The number of nitrogens with zero attached hydrogens (tertiary/aromatic N) is 2. The zero-order chi connectivity index (χ0) is 17.4. The summed E-state index contributed by atoms with van der Waals surface area (Å²) in [6, 6.07) is -0.192. The number of carbonyl (C=O) groups is 1. The van der Waals surface area contributed by atoms with E-state index in [0.29, 0.717) is 0 Å². The van der Waals surface area contributed by atoms with Crippen molar-refractivity contribution in [2.45, 2.75) is 48.1 Å². The second-order valence-electron chi connectivity index (χ2n) is 6.25. The highest BCUT2D eigenvalue weighted by molar-refractivity contribution is 8.23. The van der Waals surface area contributed by atoms with Gasteiger partial charge in [0.25, 0.3) is 5.17 Å². The molecule has 23 heavy (non-hydrogen) atoms. The lowest BCUT2D eigenvalue weighted by atomic mass is 10.1. The van der Waals surface area contributed by atoms with Crippen LogP contribution in [-0.4, -0.2) is 57.7 Å². The Morgan fingerprint density at radius 3 is 1.78 bits per heavy atom. The molecule has 7 heteroatoms. The van der Waals surface area contributed by atoms with Crippen molar-refractivity contribution < 1.29 is 9.53 Å². The molecule has 2 heterocycles. The quantitative estimate of drug-likeness (QED) is 0.501. The molecule has 0 saturated carbocycles. The van der Waals surface area contributed by atoms with Crippen molar-refractivity contribution in [1.29, 1.82) is 0 Å². The van der Waals surface area contributed by atoms with E-state index in [0.717, 1.165) is 16.8 Å². The van der Waals surface area contributed by atoms with E-state index in [4.69, 9.17) is 29.2 Å². The minimum absolute atomic E-state index is 0. The lowest BCUT2D eigenvalue weighted by molar-refractivity contribution is -0.136. The number of ether oxygens (including phenoxy) is 1. The maximum absolute atomic E-state index is 11.1. The zero-order valence-corrected chi connectivity index (χ0v) is 17.0. The van der Waals surface area contributed by atoms with Gasteiger partial charge in [0.05, 0.1) is 0 Å². The molecule has 2 rings (SSSR count). The van der Waals surface area contributed by atoms with Crippen LogP contribution in [0.25, 0.3) is 0 Å². The Morgan fingerprint density at radius 1 is 1.17 bits per heavy atom. The fourth-order valence-corrected chi connectivity index (χ4v) is 3.07. The summed E-state index contributed by atoms with van der Waals surface area (Å²) in [5.41, 5.74) is 0. The summed E-state index contributed by atoms with van der Waals surface area (Å²) in [5, 5.41) is 0.286. The number of thiocarbonyl (C=S) groups is 2. The van der Waals surface area contributed by atoms with Crippen LogP contribution in [0.4, 0.5) is 0 Å². The Hall–Kier alpha value is -0.400. The SMILES string of the molecule is C.CC(C)C.CC(C)C1C(=O)OC(=S)N1C.CN1CCSC1=S. The molecular weight excluding hydrogens is 348 g/mol. The van der Waals surface area contributed by atoms with Gasteiger partial charge >= 0.3 is 5.97 Å². The molecule has 2 aliphatic rings. The molecule has 0 aromatic heterocycles. The number of thioether (sulfide) groups is 1. The molecule has 0 N–H and O–H groups in total. The molecule has 0 aromatic carbocycles. The molecule has 0 aliphatic carbocycles. The summed E-state index contributed by atoms with van der Waals surface area (Å²) in [6.45, 7) is 11.6. The van der Waals surface area contributed by atoms with Crippen LogP contribution in [-0.2, 0) is 9.53 Å². The summed E-state index contributed by atoms with van der Waals surface area (Å²) in [5.74, 6) is 2.02. The highest BCUT2D eigenvalue weighted by Gasteiger charge is 2.37. The van der Waals surface area contributed by atoms with Crippen LogP contribution in [0.1, 0.15) is 42.0 Å². The third-order valence-electron chi connectivity index (χ3n) is 2.73. The molecule has 2 fully saturated rings. The first-order chi connectivity index (χ1) is 10.1. The lowest BCUT2D eigenvalue weighted by Gasteiger charge is -2.18. The van der Waals surface area contributed by atoms with Gasteiger partial charge in [-0.05, 0) is 24.1 Å². The molecule has 136 valence electrons. The fourth-order valence-electron chi connectivity index (χ4n) is 1.68. The van der Waals surface area contributed by atoms with E-state index in [1.807, 2.05) is 20.9 Å². The van der Waals surface area contributed by atoms with Crippen LogP contribution in [0.15, 0.2) is 0 Å². The van der Waals surface area contributed by atoms with E-state index < -0.39 is 0 Å². The average molecular weight is 381 g/mol. The van der Waals surface area contributed by atoms with E-state index in [1.54, 1.807) is 23.7 Å². The molecule has 1 atom stereocenters. The lowest BCUT2D eigenvalue weighted by Crippen LogP contribution is -2.35. The van der Waals surface area contributed by atoms with Gasteiger partial charge < -0.3 is 14.5 Å². The van der Waals surface area contributed by atoms with Crippen molar-refractivity contribution in [2.24, 2.45) is 11.8 Å². The van der Waals surface area contributed by atoms with Gasteiger partial charge in [-0.1, -0.05) is 66.0 Å². The van der Waals surface area contributed by atoms with Gasteiger partial charge in [-0.3, -0.25) is 0 Å². The first-order valence-corrected chi connectivity index (χ1v) is 9.24. The van der Waals surface area contributed by atoms with Gasteiger partial charge in [0.15, 0.2) is 0 Å². The number of esters is 1. The zero-order valence-electron chi connectivity index (χ0n) is 14.6. The Kier molecular flexibility index (Phi) is 13.0. The highest BCUT2D eigenvalue weighted by atomic mass is 32.2. The van der Waals surface area contributed by atoms with Crippen LogP contribution in [0.5, 0.6) is 0 Å². The van der Waals surface area contributed by atoms with Gasteiger partial charge in [0, 0.05) is 26.4 Å². The second-order valence-corrected chi connectivity index (χ2v) is 8.33. The van der Waals surface area contributed by atoms with Crippen LogP contribution in [0.2, 0.25) is 0 Å². The molecule has 0 spiro atoms. The fraction of sp³-hybridized carbons (Fsp3) is 0.812. The molecule has 0 aromatic rings. The molecular formula is C16H32N2O2S3. The maximum Gasteiger partial charge on any atom is 0.336 e. The third-order valence-corrected chi connectivity index (χ3v) is 4.71. The normalized spacial score (nSPS) is 19.9. The van der Waals surface area contributed by atoms with Crippen LogP contribution in [0, 0.1) is 11.8 Å². The monoisotopic (exact) mass is 380 g/mol. The van der Waals surface area contributed by atoms with Crippen molar-refractivity contribution in [1.82, 2.24) is 9.80 Å². The molecule has 0 amide bonds. The number of likely N-dealkylation sites (N-methyl/N-ethyl adjacent to an activating group) is 1. The van der Waals surface area contributed by atoms with Gasteiger partial charge in [-0.2, -0.15) is 0 Å². The highest BCUT2D eigenvalue weighted by Crippen LogP contribution is 2.18. The van der Waals surface area contributed by atoms with Gasteiger partial charge in [0.1, 0.15) is 10.4 Å². The Balaban J connectivity index is 0. The van der Waals surface area contributed by atoms with Gasteiger partial charge in [0.2, 0.25) is 0 Å². The first kappa shape index (κ1) is 24.8. The van der Waals surface area contributed by atoms with Crippen molar-refractivity contribution in [2.75, 3.05) is 26.4 Å². The van der Waals surface area contributed by atoms with E-state index in [1.165, 1.54) is 5.75 Å². The molecule has 4 nitrogen and oxygen atoms in total. The number of carbonyl (C=O) groups excluding carboxylic acids is 1. The van der Waals surface area contributed by atoms with Crippen molar-refractivity contribution >= 4 is 51.7 Å². The van der Waals surface area contributed by atoms with Gasteiger partial charge in [-0.25, -0.2) is 4.79 Å². The smallest absolute Gasteiger partial charge is 0.336 e. The van der Waals surface area contributed by atoms with Crippen molar-refractivity contribution in [3.63, 3.8) is 0 Å². The van der Waals surface area contributed by atoms with E-state index in [2.05, 4.69) is 25.7 Å². The molecule has 2 saturated heterocycles. The Bertz CT molecular complexity index is 398. The van der Waals surface area contributed by atoms with Crippen LogP contribution < -0.4 is 0 Å². The predicted octanol–water partition coefficient (Wildman–Crippen LogP) is 4.03. The number of hydrogen-bond donors (Lipinski definition) is 0. The number of hydrogen-bond acceptors (Lipinski definition) is 5. The summed E-state index contributed by atoms with van der Waals surface area (Å²) in [7, 11) is 3.81. The van der Waals surface area contributed by atoms with Crippen molar-refractivity contribution in [3.8, 4) is 0 Å². The first-order valence-electron chi connectivity index (χ1n) is 7.44. The topological polar surface area (TPSA) is 32.8 Å². The summed E-state index contributed by atoms with van der Waals surface area (Å²) < 4.78 is 5.81. The third kappa shape index (κ3) is 9.47. The molecule has 0 radical (unpaired) electrons.